The lowest BCUT2D eigenvalue weighted by Crippen LogP contribution is -2.42. The number of rotatable bonds is 6. The normalized spacial score (nSPS) is 18.2. The molecule has 0 radical (unpaired) electrons. The summed E-state index contributed by atoms with van der Waals surface area (Å²) in [6.07, 6.45) is 0.834. The van der Waals surface area contributed by atoms with E-state index >= 15 is 0 Å². The van der Waals surface area contributed by atoms with Crippen molar-refractivity contribution in [2.24, 2.45) is 0 Å². The molecule has 1 aromatic rings. The Balaban J connectivity index is 2.02. The monoisotopic (exact) mass is 373 g/mol. The molecule has 132 valence electrons. The highest BCUT2D eigenvalue weighted by Gasteiger charge is 2.33. The Kier molecular flexibility index (Phi) is 5.84. The minimum absolute atomic E-state index is 0.0433. The van der Waals surface area contributed by atoms with Crippen molar-refractivity contribution in [1.82, 2.24) is 13.9 Å². The molecule has 1 unspecified atom stereocenters. The van der Waals surface area contributed by atoms with Gasteiger partial charge in [0, 0.05) is 44.5 Å². The third kappa shape index (κ3) is 4.68. The van der Waals surface area contributed by atoms with Gasteiger partial charge in [0.2, 0.25) is 11.8 Å². The zero-order valence-corrected chi connectivity index (χ0v) is 15.1. The fourth-order valence-electron chi connectivity index (χ4n) is 2.50. The van der Waals surface area contributed by atoms with Crippen LogP contribution in [0.3, 0.4) is 0 Å². The van der Waals surface area contributed by atoms with Crippen LogP contribution in [0.5, 0.6) is 0 Å². The van der Waals surface area contributed by atoms with Crippen LogP contribution in [0, 0.1) is 0 Å². The number of amides is 2. The highest BCUT2D eigenvalue weighted by molar-refractivity contribution is 7.87. The zero-order chi connectivity index (χ0) is 17.9. The van der Waals surface area contributed by atoms with Gasteiger partial charge in [0.1, 0.15) is 0 Å². The van der Waals surface area contributed by atoms with Gasteiger partial charge in [-0.2, -0.15) is 12.7 Å². The van der Waals surface area contributed by atoms with Gasteiger partial charge >= 0.3 is 10.2 Å². The van der Waals surface area contributed by atoms with Crippen LogP contribution in [0.25, 0.3) is 0 Å². The number of hydrogen-bond acceptors (Lipinski definition) is 4. The number of halogens is 1. The van der Waals surface area contributed by atoms with Crippen LogP contribution in [0.4, 0.5) is 0 Å². The first-order valence-corrected chi connectivity index (χ1v) is 9.28. The van der Waals surface area contributed by atoms with Crippen LogP contribution in [0.15, 0.2) is 24.3 Å². The fraction of sp³-hybridized carbons (Fsp3) is 0.467. The van der Waals surface area contributed by atoms with Crippen molar-refractivity contribution in [3.8, 4) is 0 Å². The Labute approximate surface area is 146 Å². The molecule has 1 aliphatic rings. The molecular weight excluding hydrogens is 354 g/mol. The molecule has 0 saturated carbocycles. The van der Waals surface area contributed by atoms with Gasteiger partial charge in [0.05, 0.1) is 0 Å². The van der Waals surface area contributed by atoms with E-state index < -0.39 is 16.1 Å². The van der Waals surface area contributed by atoms with Crippen molar-refractivity contribution in [3.63, 3.8) is 0 Å². The van der Waals surface area contributed by atoms with Crippen molar-refractivity contribution in [2.45, 2.75) is 31.8 Å². The Morgan fingerprint density at radius 3 is 2.54 bits per heavy atom. The number of hydrogen-bond donors (Lipinski definition) is 1. The molecule has 9 heteroatoms. The van der Waals surface area contributed by atoms with Gasteiger partial charge in [-0.05, 0) is 24.1 Å². The summed E-state index contributed by atoms with van der Waals surface area (Å²) in [5.41, 5.74) is 0.904. The summed E-state index contributed by atoms with van der Waals surface area (Å²) in [5.74, 6) is -0.664. The number of nitrogens with one attached hydrogen (secondary N) is 1. The summed E-state index contributed by atoms with van der Waals surface area (Å²) in [6, 6.07) is 6.81. The minimum atomic E-state index is -3.82. The van der Waals surface area contributed by atoms with Crippen LogP contribution < -0.4 is 4.72 Å². The fourth-order valence-corrected chi connectivity index (χ4v) is 3.18. The molecule has 1 heterocycles. The predicted molar refractivity (Wildman–Crippen MR) is 90.4 cm³/mol. The third-order valence-corrected chi connectivity index (χ3v) is 5.56. The van der Waals surface area contributed by atoms with Crippen LogP contribution in [-0.2, 0) is 26.3 Å². The lowest BCUT2D eigenvalue weighted by molar-refractivity contribution is -0.130. The Bertz CT molecular complexity index is 719. The van der Waals surface area contributed by atoms with Crippen LogP contribution in [0.1, 0.15) is 24.8 Å². The van der Waals surface area contributed by atoms with Gasteiger partial charge in [0.15, 0.2) is 0 Å². The maximum absolute atomic E-state index is 12.1. The maximum atomic E-state index is 12.1. The first-order chi connectivity index (χ1) is 11.2. The Morgan fingerprint density at radius 2 is 1.96 bits per heavy atom. The highest BCUT2D eigenvalue weighted by Crippen LogP contribution is 2.24. The van der Waals surface area contributed by atoms with Crippen molar-refractivity contribution in [2.75, 3.05) is 14.1 Å². The molecule has 2 amide bonds. The molecule has 1 fully saturated rings. The van der Waals surface area contributed by atoms with Gasteiger partial charge in [-0.1, -0.05) is 23.7 Å². The molecule has 0 aliphatic carbocycles. The third-order valence-electron chi connectivity index (χ3n) is 3.86. The van der Waals surface area contributed by atoms with Gasteiger partial charge in [0.25, 0.3) is 0 Å². The Morgan fingerprint density at radius 1 is 1.33 bits per heavy atom. The van der Waals surface area contributed by atoms with Crippen LogP contribution in [-0.4, -0.2) is 49.6 Å². The van der Waals surface area contributed by atoms with Crippen LogP contribution in [0.2, 0.25) is 5.02 Å². The second-order valence-electron chi connectivity index (χ2n) is 5.86. The van der Waals surface area contributed by atoms with E-state index in [-0.39, 0.29) is 18.4 Å². The second kappa shape index (κ2) is 7.50. The summed E-state index contributed by atoms with van der Waals surface area (Å²) in [5, 5.41) is 0.608. The van der Waals surface area contributed by atoms with Crippen molar-refractivity contribution < 1.29 is 18.0 Å². The van der Waals surface area contributed by atoms with E-state index in [0.29, 0.717) is 24.4 Å². The average molecular weight is 374 g/mol. The molecule has 24 heavy (non-hydrogen) atoms. The highest BCUT2D eigenvalue weighted by atomic mass is 35.5. The maximum Gasteiger partial charge on any atom is 0.303 e. The SMILES string of the molecule is CN(C)S(=O)(=O)NC(=O)CC1CCC(=O)N1Cc1ccc(Cl)cc1. The molecule has 0 aromatic heterocycles. The summed E-state index contributed by atoms with van der Waals surface area (Å²) in [7, 11) is -1.15. The molecule has 1 aliphatic heterocycles. The largest absolute Gasteiger partial charge is 0.335 e. The summed E-state index contributed by atoms with van der Waals surface area (Å²) in [4.78, 5) is 25.7. The Hall–Kier alpha value is -1.64. The molecular formula is C15H20ClN3O4S. The van der Waals surface area contributed by atoms with E-state index in [1.54, 1.807) is 17.0 Å². The first kappa shape index (κ1) is 18.7. The van der Waals surface area contributed by atoms with Gasteiger partial charge in [-0.25, -0.2) is 4.72 Å². The topological polar surface area (TPSA) is 86.8 Å². The standard InChI is InChI=1S/C15H20ClN3O4S/c1-18(2)24(22,23)17-14(20)9-13-7-8-15(21)19(13)10-11-3-5-12(16)6-4-11/h3-6,13H,7-10H2,1-2H3,(H,17,20). The lowest BCUT2D eigenvalue weighted by atomic mass is 10.1. The van der Waals surface area contributed by atoms with E-state index in [0.717, 1.165) is 9.87 Å². The summed E-state index contributed by atoms with van der Waals surface area (Å²) in [6.45, 7) is 0.369. The molecule has 1 atom stereocenters. The lowest BCUT2D eigenvalue weighted by Gasteiger charge is -2.25. The summed E-state index contributed by atoms with van der Waals surface area (Å²) >= 11 is 5.85. The average Bonchev–Trinajstić information content (AvgIpc) is 2.81. The molecule has 7 nitrogen and oxygen atoms in total. The number of benzene rings is 1. The van der Waals surface area contributed by atoms with E-state index in [2.05, 4.69) is 0 Å². The van der Waals surface area contributed by atoms with E-state index in [9.17, 15) is 18.0 Å². The minimum Gasteiger partial charge on any atom is -0.335 e. The first-order valence-electron chi connectivity index (χ1n) is 7.46. The van der Waals surface area contributed by atoms with Gasteiger partial charge in [-0.3, -0.25) is 9.59 Å². The molecule has 2 rings (SSSR count). The van der Waals surface area contributed by atoms with Crippen molar-refractivity contribution in [3.05, 3.63) is 34.9 Å². The van der Waals surface area contributed by atoms with Gasteiger partial charge < -0.3 is 4.90 Å². The predicted octanol–water partition coefficient (Wildman–Crippen LogP) is 1.14. The van der Waals surface area contributed by atoms with E-state index in [4.69, 9.17) is 11.6 Å². The number of likely N-dealkylation sites (tertiary alicyclic amines) is 1. The van der Waals surface area contributed by atoms with Crippen LogP contribution >= 0.6 is 11.6 Å². The second-order valence-corrected chi connectivity index (χ2v) is 8.18. The van der Waals surface area contributed by atoms with E-state index in [1.807, 2.05) is 16.9 Å². The van der Waals surface area contributed by atoms with Crippen molar-refractivity contribution in [1.29, 1.82) is 0 Å². The van der Waals surface area contributed by atoms with Crippen molar-refractivity contribution >= 4 is 33.6 Å². The zero-order valence-electron chi connectivity index (χ0n) is 13.5. The molecule has 1 saturated heterocycles. The molecule has 1 N–H and O–H groups in total. The van der Waals surface area contributed by atoms with E-state index in [1.165, 1.54) is 14.1 Å². The number of nitrogens with zero attached hydrogens (tertiary/aromatic N) is 2. The van der Waals surface area contributed by atoms with Gasteiger partial charge in [-0.15, -0.1) is 0 Å². The number of carbonyl (C=O) groups is 2. The molecule has 1 aromatic carbocycles. The smallest absolute Gasteiger partial charge is 0.303 e. The molecule has 0 spiro atoms. The number of carbonyl (C=O) groups excluding carboxylic acids is 2. The summed E-state index contributed by atoms with van der Waals surface area (Å²) < 4.78 is 26.3. The molecule has 0 bridgehead atoms. The quantitative estimate of drug-likeness (QED) is 0.810.